The molecule has 3 nitrogen and oxygen atoms in total. The zero-order chi connectivity index (χ0) is 18.4. The van der Waals surface area contributed by atoms with Gasteiger partial charge in [-0.1, -0.05) is 101 Å². The van der Waals surface area contributed by atoms with E-state index in [4.69, 9.17) is 0 Å². The molecule has 0 atom stereocenters. The Hall–Kier alpha value is -0.900. The number of benzene rings is 1. The molecule has 1 aromatic rings. The SMILES string of the molecule is CCCCCCCCCCCCCN(Cc1ccccc1)C(C)(O)O. The van der Waals surface area contributed by atoms with Crippen LogP contribution in [0.3, 0.4) is 0 Å². The predicted octanol–water partition coefficient (Wildman–Crippen LogP) is 5.46. The molecule has 0 saturated heterocycles. The lowest BCUT2D eigenvalue weighted by atomic mass is 10.1. The summed E-state index contributed by atoms with van der Waals surface area (Å²) in [6.45, 7) is 5.00. The third-order valence-corrected chi connectivity index (χ3v) is 4.85. The van der Waals surface area contributed by atoms with Gasteiger partial charge in [0.2, 0.25) is 5.91 Å². The van der Waals surface area contributed by atoms with Crippen LogP contribution in [0.1, 0.15) is 90.0 Å². The predicted molar refractivity (Wildman–Crippen MR) is 106 cm³/mol. The molecule has 1 aromatic carbocycles. The van der Waals surface area contributed by atoms with Crippen LogP contribution < -0.4 is 0 Å². The molecule has 0 unspecified atom stereocenters. The normalized spacial score (nSPS) is 12.0. The summed E-state index contributed by atoms with van der Waals surface area (Å²) in [7, 11) is 0. The van der Waals surface area contributed by atoms with E-state index in [1.165, 1.54) is 64.7 Å². The molecular formula is C22H39NO2. The van der Waals surface area contributed by atoms with Crippen molar-refractivity contribution in [3.8, 4) is 0 Å². The Morgan fingerprint density at radius 2 is 1.24 bits per heavy atom. The maximum absolute atomic E-state index is 9.98. The van der Waals surface area contributed by atoms with E-state index in [0.717, 1.165) is 24.9 Å². The van der Waals surface area contributed by atoms with Gasteiger partial charge in [-0.3, -0.25) is 0 Å². The number of hydrogen-bond acceptors (Lipinski definition) is 3. The zero-order valence-electron chi connectivity index (χ0n) is 16.4. The molecule has 3 heteroatoms. The first-order chi connectivity index (χ1) is 12.0. The minimum absolute atomic E-state index is 0.572. The highest BCUT2D eigenvalue weighted by atomic mass is 16.5. The van der Waals surface area contributed by atoms with Gasteiger partial charge in [0.05, 0.1) is 0 Å². The fourth-order valence-electron chi connectivity index (χ4n) is 3.21. The first-order valence-corrected chi connectivity index (χ1v) is 10.3. The second kappa shape index (κ2) is 13.3. The van der Waals surface area contributed by atoms with Crippen LogP contribution in [0.25, 0.3) is 0 Å². The second-order valence-electron chi connectivity index (χ2n) is 7.41. The third kappa shape index (κ3) is 11.4. The van der Waals surface area contributed by atoms with Crippen molar-refractivity contribution in [2.24, 2.45) is 0 Å². The number of rotatable bonds is 15. The van der Waals surface area contributed by atoms with Crippen molar-refractivity contribution >= 4 is 0 Å². The molecule has 0 saturated carbocycles. The van der Waals surface area contributed by atoms with Gasteiger partial charge in [-0.15, -0.1) is 0 Å². The van der Waals surface area contributed by atoms with E-state index in [2.05, 4.69) is 6.92 Å². The lowest BCUT2D eigenvalue weighted by Gasteiger charge is -2.32. The van der Waals surface area contributed by atoms with E-state index in [-0.39, 0.29) is 0 Å². The fraction of sp³-hybridized carbons (Fsp3) is 0.727. The molecule has 1 rings (SSSR count). The van der Waals surface area contributed by atoms with Crippen LogP contribution in [0.5, 0.6) is 0 Å². The average molecular weight is 350 g/mol. The van der Waals surface area contributed by atoms with Gasteiger partial charge in [0.1, 0.15) is 0 Å². The number of unbranched alkanes of at least 4 members (excludes halogenated alkanes) is 10. The van der Waals surface area contributed by atoms with Crippen LogP contribution in [-0.4, -0.2) is 27.6 Å². The van der Waals surface area contributed by atoms with Gasteiger partial charge >= 0.3 is 0 Å². The summed E-state index contributed by atoms with van der Waals surface area (Å²) >= 11 is 0. The summed E-state index contributed by atoms with van der Waals surface area (Å²) in [4.78, 5) is 1.75. The molecule has 0 aliphatic carbocycles. The first-order valence-electron chi connectivity index (χ1n) is 10.3. The van der Waals surface area contributed by atoms with E-state index in [1.807, 2.05) is 30.3 Å². The van der Waals surface area contributed by atoms with Crippen molar-refractivity contribution < 1.29 is 10.2 Å². The standard InChI is InChI=1S/C22H39NO2/c1-3-4-5-6-7-8-9-10-11-12-16-19-23(22(2,24)25)20-21-17-14-13-15-18-21/h13-15,17-18,24-25H,3-12,16,19-20H2,1-2H3. The molecule has 0 aliphatic heterocycles. The zero-order valence-corrected chi connectivity index (χ0v) is 16.4. The highest BCUT2D eigenvalue weighted by Crippen LogP contribution is 2.16. The van der Waals surface area contributed by atoms with Crippen molar-refractivity contribution in [1.29, 1.82) is 0 Å². The Balaban J connectivity index is 2.11. The highest BCUT2D eigenvalue weighted by Gasteiger charge is 2.25. The largest absolute Gasteiger partial charge is 0.353 e. The van der Waals surface area contributed by atoms with Crippen LogP contribution in [0.2, 0.25) is 0 Å². The summed E-state index contributed by atoms with van der Waals surface area (Å²) in [6, 6.07) is 10.0. The molecule has 25 heavy (non-hydrogen) atoms. The molecule has 144 valence electrons. The summed E-state index contributed by atoms with van der Waals surface area (Å²) < 4.78 is 0. The van der Waals surface area contributed by atoms with Gasteiger partial charge < -0.3 is 10.2 Å². The van der Waals surface area contributed by atoms with Gasteiger partial charge in [0.25, 0.3) is 0 Å². The van der Waals surface area contributed by atoms with Gasteiger partial charge in [-0.25, -0.2) is 4.90 Å². The van der Waals surface area contributed by atoms with Gasteiger partial charge in [0.15, 0.2) is 0 Å². The van der Waals surface area contributed by atoms with Crippen LogP contribution in [0, 0.1) is 0 Å². The number of nitrogens with zero attached hydrogens (tertiary/aromatic N) is 1. The summed E-state index contributed by atoms with van der Waals surface area (Å²) in [5, 5.41) is 20.0. The molecule has 0 radical (unpaired) electrons. The Morgan fingerprint density at radius 3 is 1.72 bits per heavy atom. The number of aliphatic hydroxyl groups is 2. The van der Waals surface area contributed by atoms with Crippen LogP contribution in [-0.2, 0) is 6.54 Å². The molecule has 0 aliphatic rings. The Bertz CT molecular complexity index is 414. The van der Waals surface area contributed by atoms with Crippen molar-refractivity contribution in [2.75, 3.05) is 6.54 Å². The lowest BCUT2D eigenvalue weighted by Crippen LogP contribution is -2.46. The monoisotopic (exact) mass is 349 g/mol. The van der Waals surface area contributed by atoms with E-state index >= 15 is 0 Å². The van der Waals surface area contributed by atoms with E-state index < -0.39 is 5.91 Å². The fourth-order valence-corrected chi connectivity index (χ4v) is 3.21. The second-order valence-corrected chi connectivity index (χ2v) is 7.41. The van der Waals surface area contributed by atoms with Gasteiger partial charge in [-0.05, 0) is 12.0 Å². The van der Waals surface area contributed by atoms with E-state index in [0.29, 0.717) is 6.54 Å². The van der Waals surface area contributed by atoms with Crippen molar-refractivity contribution in [1.82, 2.24) is 4.90 Å². The molecular weight excluding hydrogens is 310 g/mol. The third-order valence-electron chi connectivity index (χ3n) is 4.85. The molecule has 0 bridgehead atoms. The Morgan fingerprint density at radius 1 is 0.760 bits per heavy atom. The Kier molecular flexibility index (Phi) is 11.8. The molecule has 0 aromatic heterocycles. The first kappa shape index (κ1) is 22.1. The van der Waals surface area contributed by atoms with E-state index in [1.54, 1.807) is 4.90 Å². The molecule has 0 spiro atoms. The summed E-state index contributed by atoms with van der Waals surface area (Å²) in [5.74, 6) is -1.76. The Labute approximate surface area is 155 Å². The highest BCUT2D eigenvalue weighted by molar-refractivity contribution is 5.14. The van der Waals surface area contributed by atoms with Crippen LogP contribution in [0.15, 0.2) is 30.3 Å². The van der Waals surface area contributed by atoms with Gasteiger partial charge in [-0.2, -0.15) is 0 Å². The van der Waals surface area contributed by atoms with Crippen molar-refractivity contribution in [3.05, 3.63) is 35.9 Å². The van der Waals surface area contributed by atoms with E-state index in [9.17, 15) is 10.2 Å². The maximum Gasteiger partial charge on any atom is 0.222 e. The lowest BCUT2D eigenvalue weighted by molar-refractivity contribution is -0.254. The van der Waals surface area contributed by atoms with Crippen molar-refractivity contribution in [3.63, 3.8) is 0 Å². The minimum atomic E-state index is -1.76. The topological polar surface area (TPSA) is 43.7 Å². The molecule has 2 N–H and O–H groups in total. The minimum Gasteiger partial charge on any atom is -0.353 e. The molecule has 0 fully saturated rings. The summed E-state index contributed by atoms with van der Waals surface area (Å²) in [6.07, 6.45) is 14.3. The van der Waals surface area contributed by atoms with Crippen LogP contribution >= 0.6 is 0 Å². The quantitative estimate of drug-likeness (QED) is 0.326. The molecule has 0 amide bonds. The maximum atomic E-state index is 9.98. The average Bonchev–Trinajstić information content (AvgIpc) is 2.58. The van der Waals surface area contributed by atoms with Gasteiger partial charge in [0, 0.05) is 20.0 Å². The van der Waals surface area contributed by atoms with Crippen LogP contribution in [0.4, 0.5) is 0 Å². The van der Waals surface area contributed by atoms with Crippen molar-refractivity contribution in [2.45, 2.75) is 96.9 Å². The molecule has 0 heterocycles. The smallest absolute Gasteiger partial charge is 0.222 e. The summed E-state index contributed by atoms with van der Waals surface area (Å²) in [5.41, 5.74) is 1.11. The number of hydrogen-bond donors (Lipinski definition) is 2.